The number of halogens is 1. The van der Waals surface area contributed by atoms with Crippen LogP contribution in [0.2, 0.25) is 4.34 Å². The van der Waals surface area contributed by atoms with Gasteiger partial charge >= 0.3 is 0 Å². The third-order valence-electron chi connectivity index (χ3n) is 3.46. The van der Waals surface area contributed by atoms with E-state index in [9.17, 15) is 4.79 Å². The normalized spacial score (nSPS) is 15.0. The van der Waals surface area contributed by atoms with E-state index in [1.165, 1.54) is 22.7 Å². The molecule has 1 amide bonds. The number of carbonyl (C=O) groups is 1. The zero-order chi connectivity index (χ0) is 15.1. The quantitative estimate of drug-likeness (QED) is 0.719. The van der Waals surface area contributed by atoms with E-state index in [4.69, 9.17) is 16.3 Å². The maximum Gasteiger partial charge on any atom is 0.274 e. The van der Waals surface area contributed by atoms with Crippen molar-refractivity contribution in [1.29, 1.82) is 0 Å². The molecule has 3 heterocycles. The predicted molar refractivity (Wildman–Crippen MR) is 89.3 cm³/mol. The molecule has 4 rings (SSSR count). The fraction of sp³-hybridized carbons (Fsp3) is 0.200. The summed E-state index contributed by atoms with van der Waals surface area (Å²) in [6.07, 6.45) is 0.0138. The van der Waals surface area contributed by atoms with E-state index < -0.39 is 0 Å². The Morgan fingerprint density at radius 2 is 2.05 bits per heavy atom. The predicted octanol–water partition coefficient (Wildman–Crippen LogP) is 3.91. The number of likely N-dealkylation sites (tertiary alicyclic amines) is 1. The third-order valence-corrected chi connectivity index (χ3v) is 5.61. The molecule has 0 unspecified atom stereocenters. The van der Waals surface area contributed by atoms with Crippen molar-refractivity contribution < 1.29 is 9.53 Å². The highest BCUT2D eigenvalue weighted by Crippen LogP contribution is 2.30. The third kappa shape index (κ3) is 2.58. The minimum atomic E-state index is 0.0138. The van der Waals surface area contributed by atoms with Gasteiger partial charge in [-0.2, -0.15) is 0 Å². The monoisotopic (exact) mass is 350 g/mol. The molecular formula is C15H11ClN2O2S2. The number of fused-ring (bicyclic) bond motifs is 1. The Morgan fingerprint density at radius 1 is 1.23 bits per heavy atom. The van der Waals surface area contributed by atoms with E-state index in [1.54, 1.807) is 17.0 Å². The van der Waals surface area contributed by atoms with Crippen LogP contribution in [0, 0.1) is 0 Å². The number of ether oxygens (including phenoxy) is 1. The smallest absolute Gasteiger partial charge is 0.274 e. The Bertz CT molecular complexity index is 806. The molecule has 4 nitrogen and oxygen atoms in total. The van der Waals surface area contributed by atoms with Crippen LogP contribution in [0.5, 0.6) is 5.19 Å². The van der Waals surface area contributed by atoms with Crippen molar-refractivity contribution in [2.45, 2.75) is 6.10 Å². The van der Waals surface area contributed by atoms with Crippen LogP contribution in [0.3, 0.4) is 0 Å². The topological polar surface area (TPSA) is 42.4 Å². The molecule has 7 heteroatoms. The Kier molecular flexibility index (Phi) is 3.52. The second kappa shape index (κ2) is 5.53. The number of hydrogen-bond acceptors (Lipinski definition) is 5. The van der Waals surface area contributed by atoms with Crippen molar-refractivity contribution in [2.75, 3.05) is 13.1 Å². The second-order valence-corrected chi connectivity index (χ2v) is 7.71. The van der Waals surface area contributed by atoms with Crippen molar-refractivity contribution >= 4 is 50.4 Å². The van der Waals surface area contributed by atoms with Crippen LogP contribution in [0.4, 0.5) is 0 Å². The van der Waals surface area contributed by atoms with Gasteiger partial charge in [-0.15, -0.1) is 11.3 Å². The highest BCUT2D eigenvalue weighted by atomic mass is 35.5. The molecule has 112 valence electrons. The van der Waals surface area contributed by atoms with Crippen LogP contribution in [0.1, 0.15) is 9.67 Å². The number of para-hydroxylation sites is 1. The second-order valence-electron chi connectivity index (χ2n) is 5.00. The average molecular weight is 351 g/mol. The van der Waals surface area contributed by atoms with Crippen molar-refractivity contribution in [1.82, 2.24) is 9.88 Å². The fourth-order valence-electron chi connectivity index (χ4n) is 2.31. The van der Waals surface area contributed by atoms with Crippen molar-refractivity contribution in [3.8, 4) is 5.19 Å². The highest BCUT2D eigenvalue weighted by Gasteiger charge is 2.34. The molecule has 0 aliphatic carbocycles. The number of hydrogen-bond donors (Lipinski definition) is 0. The Balaban J connectivity index is 1.38. The number of amides is 1. The minimum Gasteiger partial charge on any atom is -0.463 e. The molecule has 1 saturated heterocycles. The van der Waals surface area contributed by atoms with Crippen LogP contribution in [0.15, 0.2) is 36.4 Å². The first-order valence-electron chi connectivity index (χ1n) is 6.76. The summed E-state index contributed by atoms with van der Waals surface area (Å²) in [5.41, 5.74) is 0.947. The Morgan fingerprint density at radius 3 is 2.77 bits per heavy atom. The molecule has 0 spiro atoms. The van der Waals surface area contributed by atoms with Gasteiger partial charge in [0.2, 0.25) is 0 Å². The first-order chi connectivity index (χ1) is 10.7. The van der Waals surface area contributed by atoms with E-state index in [0.29, 0.717) is 27.5 Å². The van der Waals surface area contributed by atoms with Crippen molar-refractivity contribution in [3.63, 3.8) is 0 Å². The van der Waals surface area contributed by atoms with Gasteiger partial charge in [0, 0.05) is 0 Å². The summed E-state index contributed by atoms with van der Waals surface area (Å²) >= 11 is 8.70. The maximum absolute atomic E-state index is 12.2. The Hall–Kier alpha value is -1.63. The molecular weight excluding hydrogens is 340 g/mol. The van der Waals surface area contributed by atoms with Gasteiger partial charge in [-0.25, -0.2) is 4.98 Å². The number of aromatic nitrogens is 1. The van der Waals surface area contributed by atoms with Gasteiger partial charge in [0.1, 0.15) is 6.10 Å². The van der Waals surface area contributed by atoms with Gasteiger partial charge in [-0.05, 0) is 24.3 Å². The van der Waals surface area contributed by atoms with Crippen molar-refractivity contribution in [2.24, 2.45) is 0 Å². The summed E-state index contributed by atoms with van der Waals surface area (Å²) in [6.45, 7) is 1.18. The van der Waals surface area contributed by atoms with Crippen LogP contribution in [-0.2, 0) is 0 Å². The summed E-state index contributed by atoms with van der Waals surface area (Å²) in [5, 5.41) is 0.664. The minimum absolute atomic E-state index is 0.0138. The molecule has 22 heavy (non-hydrogen) atoms. The molecule has 1 aliphatic heterocycles. The van der Waals surface area contributed by atoms with Crippen LogP contribution >= 0.6 is 34.3 Å². The zero-order valence-electron chi connectivity index (χ0n) is 11.4. The number of thiazole rings is 1. The molecule has 2 aromatic heterocycles. The molecule has 1 fully saturated rings. The summed E-state index contributed by atoms with van der Waals surface area (Å²) in [7, 11) is 0. The summed E-state index contributed by atoms with van der Waals surface area (Å²) in [5.74, 6) is 0.0149. The van der Waals surface area contributed by atoms with Gasteiger partial charge in [0.05, 0.1) is 32.5 Å². The molecule has 0 atom stereocenters. The van der Waals surface area contributed by atoms with Crippen LogP contribution < -0.4 is 4.74 Å². The highest BCUT2D eigenvalue weighted by molar-refractivity contribution is 7.20. The lowest BCUT2D eigenvalue weighted by molar-refractivity contribution is 0.0181. The molecule has 0 N–H and O–H groups in total. The van der Waals surface area contributed by atoms with Gasteiger partial charge in [-0.3, -0.25) is 4.79 Å². The lowest BCUT2D eigenvalue weighted by Crippen LogP contribution is -2.56. The SMILES string of the molecule is O=C(c1ccc(Cl)s1)N1CC(Oc2nc3ccccc3s2)C1. The van der Waals surface area contributed by atoms with Gasteiger partial charge < -0.3 is 9.64 Å². The fourth-order valence-corrected chi connectivity index (χ4v) is 4.20. The standard InChI is InChI=1S/C15H11ClN2O2S2/c16-13-6-5-12(21-13)14(19)18-7-9(8-18)20-15-17-10-3-1-2-4-11(10)22-15/h1-6,9H,7-8H2. The summed E-state index contributed by atoms with van der Waals surface area (Å²) in [4.78, 5) is 19.1. The lowest BCUT2D eigenvalue weighted by atomic mass is 10.1. The maximum atomic E-state index is 12.2. The van der Waals surface area contributed by atoms with Gasteiger partial charge in [0.15, 0.2) is 0 Å². The average Bonchev–Trinajstić information content (AvgIpc) is 3.07. The van der Waals surface area contributed by atoms with E-state index in [0.717, 1.165) is 10.2 Å². The van der Waals surface area contributed by atoms with E-state index in [-0.39, 0.29) is 12.0 Å². The molecule has 1 aromatic carbocycles. The molecule has 0 saturated carbocycles. The number of nitrogens with zero attached hydrogens (tertiary/aromatic N) is 2. The molecule has 0 radical (unpaired) electrons. The number of rotatable bonds is 3. The molecule has 3 aromatic rings. The van der Waals surface area contributed by atoms with E-state index >= 15 is 0 Å². The summed E-state index contributed by atoms with van der Waals surface area (Å²) < 4.78 is 7.59. The first-order valence-corrected chi connectivity index (χ1v) is 8.77. The molecule has 1 aliphatic rings. The van der Waals surface area contributed by atoms with E-state index in [1.807, 2.05) is 24.3 Å². The first kappa shape index (κ1) is 14.0. The number of benzene rings is 1. The lowest BCUT2D eigenvalue weighted by Gasteiger charge is -2.37. The molecule has 0 bridgehead atoms. The summed E-state index contributed by atoms with van der Waals surface area (Å²) in [6, 6.07) is 11.4. The van der Waals surface area contributed by atoms with Crippen molar-refractivity contribution in [3.05, 3.63) is 45.6 Å². The van der Waals surface area contributed by atoms with Gasteiger partial charge in [-0.1, -0.05) is 35.1 Å². The van der Waals surface area contributed by atoms with Gasteiger partial charge in [0.25, 0.3) is 11.1 Å². The Labute approximate surface area is 139 Å². The van der Waals surface area contributed by atoms with Crippen LogP contribution in [0.25, 0.3) is 10.2 Å². The van der Waals surface area contributed by atoms with E-state index in [2.05, 4.69) is 4.98 Å². The zero-order valence-corrected chi connectivity index (χ0v) is 13.7. The van der Waals surface area contributed by atoms with Crippen LogP contribution in [-0.4, -0.2) is 35.0 Å². The largest absolute Gasteiger partial charge is 0.463 e. The number of carbonyl (C=O) groups excluding carboxylic acids is 1. The number of thiophene rings is 1.